The first-order valence-corrected chi connectivity index (χ1v) is 9.74. The Morgan fingerprint density at radius 2 is 2.19 bits per heavy atom. The average molecular weight is 388 g/mol. The van der Waals surface area contributed by atoms with Gasteiger partial charge < -0.3 is 9.73 Å². The second-order valence-electron chi connectivity index (χ2n) is 6.41. The minimum absolute atomic E-state index is 0.0827. The standard InChI is InChI=1S/C18H24N6O2S/c1-5-8-24(10-15(25)19-17-12(2)22-23(4)13(17)3)11-16-20-21-18(26-16)14-7-6-9-27-14/h6-7,9H,5,8,10-11H2,1-4H3,(H,19,25). The summed E-state index contributed by atoms with van der Waals surface area (Å²) < 4.78 is 7.51. The number of amides is 1. The molecule has 1 N–H and O–H groups in total. The largest absolute Gasteiger partial charge is 0.419 e. The van der Waals surface area contributed by atoms with Gasteiger partial charge in [-0.2, -0.15) is 5.10 Å². The van der Waals surface area contributed by atoms with Gasteiger partial charge in [0.25, 0.3) is 5.89 Å². The van der Waals surface area contributed by atoms with Gasteiger partial charge in [0.2, 0.25) is 11.8 Å². The number of aryl methyl sites for hydroxylation is 2. The van der Waals surface area contributed by atoms with Crippen LogP contribution in [0.4, 0.5) is 5.69 Å². The molecular weight excluding hydrogens is 364 g/mol. The highest BCUT2D eigenvalue weighted by molar-refractivity contribution is 7.13. The Kier molecular flexibility index (Phi) is 6.02. The van der Waals surface area contributed by atoms with E-state index in [-0.39, 0.29) is 12.5 Å². The van der Waals surface area contributed by atoms with Crippen LogP contribution in [-0.2, 0) is 18.4 Å². The van der Waals surface area contributed by atoms with Crippen LogP contribution >= 0.6 is 11.3 Å². The molecule has 3 rings (SSSR count). The minimum Gasteiger partial charge on any atom is -0.419 e. The van der Waals surface area contributed by atoms with Gasteiger partial charge in [0.15, 0.2) is 0 Å². The van der Waals surface area contributed by atoms with E-state index in [9.17, 15) is 4.79 Å². The summed E-state index contributed by atoms with van der Waals surface area (Å²) in [6.07, 6.45) is 0.921. The Bertz CT molecular complexity index is 899. The molecule has 144 valence electrons. The topological polar surface area (TPSA) is 89.1 Å². The fraction of sp³-hybridized carbons (Fsp3) is 0.444. The first-order valence-electron chi connectivity index (χ1n) is 8.86. The second kappa shape index (κ2) is 8.45. The molecule has 8 nitrogen and oxygen atoms in total. The van der Waals surface area contributed by atoms with Crippen LogP contribution in [0.15, 0.2) is 21.9 Å². The SMILES string of the molecule is CCCN(CC(=O)Nc1c(C)nn(C)c1C)Cc1nnc(-c2cccs2)o1. The molecule has 0 unspecified atom stereocenters. The maximum absolute atomic E-state index is 12.5. The number of rotatable bonds is 8. The van der Waals surface area contributed by atoms with Crippen molar-refractivity contribution in [3.05, 3.63) is 34.8 Å². The minimum atomic E-state index is -0.0827. The predicted octanol–water partition coefficient (Wildman–Crippen LogP) is 3.00. The number of nitrogens with one attached hydrogen (secondary N) is 1. The Balaban J connectivity index is 1.64. The summed E-state index contributed by atoms with van der Waals surface area (Å²) >= 11 is 1.55. The maximum atomic E-state index is 12.5. The van der Waals surface area contributed by atoms with Crippen LogP contribution in [-0.4, -0.2) is 43.9 Å². The summed E-state index contributed by atoms with van der Waals surface area (Å²) in [6.45, 7) is 7.34. The van der Waals surface area contributed by atoms with Gasteiger partial charge in [0.05, 0.1) is 35.0 Å². The van der Waals surface area contributed by atoms with Gasteiger partial charge in [-0.1, -0.05) is 13.0 Å². The smallest absolute Gasteiger partial charge is 0.257 e. The van der Waals surface area contributed by atoms with E-state index >= 15 is 0 Å². The third kappa shape index (κ3) is 4.61. The van der Waals surface area contributed by atoms with Crippen LogP contribution < -0.4 is 5.32 Å². The molecular formula is C18H24N6O2S. The number of carbonyl (C=O) groups is 1. The molecule has 27 heavy (non-hydrogen) atoms. The van der Waals surface area contributed by atoms with Crippen LogP contribution in [0.3, 0.4) is 0 Å². The van der Waals surface area contributed by atoms with Crippen molar-refractivity contribution in [3.63, 3.8) is 0 Å². The van der Waals surface area contributed by atoms with E-state index < -0.39 is 0 Å². The molecule has 0 saturated heterocycles. The zero-order valence-corrected chi connectivity index (χ0v) is 16.8. The molecule has 0 fully saturated rings. The summed E-state index contributed by atoms with van der Waals surface area (Å²) in [4.78, 5) is 15.5. The molecule has 0 saturated carbocycles. The molecule has 0 bridgehead atoms. The highest BCUT2D eigenvalue weighted by atomic mass is 32.1. The van der Waals surface area contributed by atoms with Crippen molar-refractivity contribution in [2.24, 2.45) is 7.05 Å². The molecule has 0 aliphatic heterocycles. The van der Waals surface area contributed by atoms with E-state index in [1.807, 2.05) is 43.3 Å². The van der Waals surface area contributed by atoms with Gasteiger partial charge in [0, 0.05) is 7.05 Å². The van der Waals surface area contributed by atoms with Gasteiger partial charge in [0.1, 0.15) is 0 Å². The maximum Gasteiger partial charge on any atom is 0.257 e. The van der Waals surface area contributed by atoms with Crippen molar-refractivity contribution < 1.29 is 9.21 Å². The highest BCUT2D eigenvalue weighted by Gasteiger charge is 2.18. The van der Waals surface area contributed by atoms with E-state index in [0.29, 0.717) is 18.3 Å². The summed E-state index contributed by atoms with van der Waals surface area (Å²) in [6, 6.07) is 3.89. The van der Waals surface area contributed by atoms with Crippen molar-refractivity contribution in [2.45, 2.75) is 33.7 Å². The lowest BCUT2D eigenvalue weighted by Gasteiger charge is -2.19. The molecule has 3 heterocycles. The zero-order chi connectivity index (χ0) is 19.4. The highest BCUT2D eigenvalue weighted by Crippen LogP contribution is 2.23. The van der Waals surface area contributed by atoms with E-state index in [1.165, 1.54) is 0 Å². The lowest BCUT2D eigenvalue weighted by molar-refractivity contribution is -0.117. The monoisotopic (exact) mass is 388 g/mol. The second-order valence-corrected chi connectivity index (χ2v) is 7.35. The van der Waals surface area contributed by atoms with Crippen molar-refractivity contribution >= 4 is 22.9 Å². The van der Waals surface area contributed by atoms with Crippen LogP contribution in [0.2, 0.25) is 0 Å². The molecule has 0 spiro atoms. The number of thiophene rings is 1. The normalized spacial score (nSPS) is 11.3. The van der Waals surface area contributed by atoms with Crippen LogP contribution in [0.1, 0.15) is 30.6 Å². The van der Waals surface area contributed by atoms with E-state index in [2.05, 4.69) is 27.5 Å². The lowest BCUT2D eigenvalue weighted by atomic mass is 10.3. The first kappa shape index (κ1) is 19.2. The average Bonchev–Trinajstić information content (AvgIpc) is 3.34. The van der Waals surface area contributed by atoms with Gasteiger partial charge in [-0.25, -0.2) is 0 Å². The molecule has 0 aliphatic carbocycles. The molecule has 9 heteroatoms. The third-order valence-corrected chi connectivity index (χ3v) is 5.10. The number of hydrogen-bond acceptors (Lipinski definition) is 7. The zero-order valence-electron chi connectivity index (χ0n) is 16.0. The number of carbonyl (C=O) groups excluding carboxylic acids is 1. The summed E-state index contributed by atoms with van der Waals surface area (Å²) in [7, 11) is 1.86. The van der Waals surface area contributed by atoms with Crippen molar-refractivity contribution in [3.8, 4) is 10.8 Å². The fourth-order valence-corrected chi connectivity index (χ4v) is 3.52. The van der Waals surface area contributed by atoms with E-state index in [0.717, 1.165) is 34.9 Å². The number of anilines is 1. The Morgan fingerprint density at radius 3 is 2.81 bits per heavy atom. The number of aromatic nitrogens is 4. The lowest BCUT2D eigenvalue weighted by Crippen LogP contribution is -2.33. The number of hydrogen-bond donors (Lipinski definition) is 1. The third-order valence-electron chi connectivity index (χ3n) is 4.24. The summed E-state index contributed by atoms with van der Waals surface area (Å²) in [5.74, 6) is 0.941. The molecule has 0 radical (unpaired) electrons. The van der Waals surface area contributed by atoms with Crippen molar-refractivity contribution in [1.82, 2.24) is 24.9 Å². The van der Waals surface area contributed by atoms with Crippen LogP contribution in [0.25, 0.3) is 10.8 Å². The van der Waals surface area contributed by atoms with Gasteiger partial charge in [-0.3, -0.25) is 14.4 Å². The first-order chi connectivity index (χ1) is 13.0. The number of nitrogens with zero attached hydrogens (tertiary/aromatic N) is 5. The fourth-order valence-electron chi connectivity index (χ4n) is 2.88. The molecule has 0 aromatic carbocycles. The van der Waals surface area contributed by atoms with Crippen molar-refractivity contribution in [2.75, 3.05) is 18.4 Å². The van der Waals surface area contributed by atoms with Crippen LogP contribution in [0, 0.1) is 13.8 Å². The van der Waals surface area contributed by atoms with Gasteiger partial charge in [-0.15, -0.1) is 21.5 Å². The Labute approximate surface area is 162 Å². The van der Waals surface area contributed by atoms with E-state index in [4.69, 9.17) is 4.42 Å². The Morgan fingerprint density at radius 1 is 1.37 bits per heavy atom. The molecule has 3 aromatic rings. The summed E-state index contributed by atoms with van der Waals surface area (Å²) in [5, 5.41) is 17.5. The predicted molar refractivity (Wildman–Crippen MR) is 104 cm³/mol. The van der Waals surface area contributed by atoms with Crippen LogP contribution in [0.5, 0.6) is 0 Å². The molecule has 1 amide bonds. The summed E-state index contributed by atoms with van der Waals surface area (Å²) in [5.41, 5.74) is 2.51. The Hall–Kier alpha value is -2.52. The molecule has 3 aromatic heterocycles. The quantitative estimate of drug-likeness (QED) is 0.638. The van der Waals surface area contributed by atoms with Gasteiger partial charge >= 0.3 is 0 Å². The van der Waals surface area contributed by atoms with E-state index in [1.54, 1.807) is 16.0 Å². The van der Waals surface area contributed by atoms with Crippen molar-refractivity contribution in [1.29, 1.82) is 0 Å². The molecule has 0 atom stereocenters. The molecule has 0 aliphatic rings. The van der Waals surface area contributed by atoms with Gasteiger partial charge in [-0.05, 0) is 38.3 Å².